The first kappa shape index (κ1) is 19.0. The zero-order valence-electron chi connectivity index (χ0n) is 15.8. The summed E-state index contributed by atoms with van der Waals surface area (Å²) in [6.07, 6.45) is 1.20. The summed E-state index contributed by atoms with van der Waals surface area (Å²) in [6, 6.07) is 4.37. The number of hydrogen-bond acceptors (Lipinski definition) is 6. The first-order valence-corrected chi connectivity index (χ1v) is 9.23. The Balaban J connectivity index is 1.95. The van der Waals surface area contributed by atoms with Crippen LogP contribution in [0.4, 0.5) is 5.69 Å². The van der Waals surface area contributed by atoms with E-state index >= 15 is 0 Å². The van der Waals surface area contributed by atoms with Crippen molar-refractivity contribution in [3.05, 3.63) is 39.9 Å². The highest BCUT2D eigenvalue weighted by Crippen LogP contribution is 2.56. The fourth-order valence-corrected chi connectivity index (χ4v) is 4.65. The summed E-state index contributed by atoms with van der Waals surface area (Å²) in [6.45, 7) is 1.29. The molecule has 1 N–H and O–H groups in total. The molecule has 10 nitrogen and oxygen atoms in total. The molecule has 1 aromatic carbocycles. The third kappa shape index (κ3) is 2.48. The maximum atomic E-state index is 13.1. The molecule has 0 aromatic heterocycles. The highest BCUT2D eigenvalue weighted by Gasteiger charge is 2.71. The van der Waals surface area contributed by atoms with E-state index in [1.807, 2.05) is 0 Å². The van der Waals surface area contributed by atoms with Gasteiger partial charge in [-0.15, -0.1) is 0 Å². The van der Waals surface area contributed by atoms with E-state index in [0.717, 1.165) is 9.80 Å². The molecule has 10 heteroatoms. The number of carbonyl (C=O) groups is 4. The van der Waals surface area contributed by atoms with Crippen molar-refractivity contribution in [3.63, 3.8) is 0 Å². The molecule has 1 saturated carbocycles. The molecule has 4 unspecified atom stereocenters. The van der Waals surface area contributed by atoms with Gasteiger partial charge in [0.25, 0.3) is 5.69 Å². The smallest absolute Gasteiger partial charge is 0.330 e. The quantitative estimate of drug-likeness (QED) is 0.450. The predicted molar refractivity (Wildman–Crippen MR) is 96.2 cm³/mol. The van der Waals surface area contributed by atoms with Crippen LogP contribution in [0.15, 0.2) is 24.3 Å². The zero-order chi connectivity index (χ0) is 21.2. The summed E-state index contributed by atoms with van der Waals surface area (Å²) >= 11 is 0. The molecule has 152 valence electrons. The van der Waals surface area contributed by atoms with Gasteiger partial charge in [0.1, 0.15) is 0 Å². The van der Waals surface area contributed by atoms with Gasteiger partial charge in [0.2, 0.25) is 17.7 Å². The molecule has 2 saturated heterocycles. The summed E-state index contributed by atoms with van der Waals surface area (Å²) in [5.74, 6) is -5.81. The van der Waals surface area contributed by atoms with Crippen LogP contribution in [0, 0.1) is 27.9 Å². The van der Waals surface area contributed by atoms with Crippen LogP contribution in [0.25, 0.3) is 0 Å². The summed E-state index contributed by atoms with van der Waals surface area (Å²) in [7, 11) is 1.28. The van der Waals surface area contributed by atoms with Crippen LogP contribution in [0.5, 0.6) is 0 Å². The minimum absolute atomic E-state index is 0.244. The Morgan fingerprint density at radius 1 is 1.24 bits per heavy atom. The lowest BCUT2D eigenvalue weighted by Gasteiger charge is -2.38. The van der Waals surface area contributed by atoms with Crippen LogP contribution in [0.3, 0.4) is 0 Å². The van der Waals surface area contributed by atoms with Gasteiger partial charge >= 0.3 is 5.97 Å². The number of non-ortho nitro benzene ring substituents is 1. The Morgan fingerprint density at radius 3 is 2.45 bits per heavy atom. The van der Waals surface area contributed by atoms with E-state index < -0.39 is 52.0 Å². The van der Waals surface area contributed by atoms with Gasteiger partial charge in [0.05, 0.1) is 22.8 Å². The summed E-state index contributed by atoms with van der Waals surface area (Å²) in [4.78, 5) is 63.9. The number of nitro benzene ring substituents is 1. The van der Waals surface area contributed by atoms with E-state index in [0.29, 0.717) is 12.8 Å². The molecule has 0 radical (unpaired) electrons. The van der Waals surface area contributed by atoms with E-state index in [-0.39, 0.29) is 17.2 Å². The average Bonchev–Trinajstić information content (AvgIpc) is 3.45. The number of likely N-dealkylation sites (tertiary alicyclic amines) is 2. The summed E-state index contributed by atoms with van der Waals surface area (Å²) < 4.78 is 0. The van der Waals surface area contributed by atoms with E-state index in [2.05, 4.69) is 0 Å². The minimum Gasteiger partial charge on any atom is -0.479 e. The van der Waals surface area contributed by atoms with Crippen LogP contribution in [-0.2, 0) is 19.2 Å². The number of amides is 3. The number of carboxylic acid groups (broad SMARTS) is 1. The van der Waals surface area contributed by atoms with Crippen molar-refractivity contribution in [1.29, 1.82) is 0 Å². The predicted octanol–water partition coefficient (Wildman–Crippen LogP) is 0.962. The Morgan fingerprint density at radius 2 is 1.90 bits per heavy atom. The van der Waals surface area contributed by atoms with Crippen molar-refractivity contribution in [2.75, 3.05) is 7.05 Å². The van der Waals surface area contributed by atoms with E-state index in [9.17, 15) is 34.4 Å². The van der Waals surface area contributed by atoms with Crippen molar-refractivity contribution in [2.45, 2.75) is 31.3 Å². The Labute approximate surface area is 165 Å². The molecule has 4 atom stereocenters. The second-order valence-electron chi connectivity index (χ2n) is 7.97. The van der Waals surface area contributed by atoms with Crippen molar-refractivity contribution in [3.8, 4) is 0 Å². The number of benzene rings is 1. The fourth-order valence-electron chi connectivity index (χ4n) is 4.65. The van der Waals surface area contributed by atoms with Gasteiger partial charge in [-0.1, -0.05) is 12.1 Å². The van der Waals surface area contributed by atoms with Gasteiger partial charge in [-0.3, -0.25) is 29.4 Å². The number of carbonyl (C=O) groups excluding carboxylic acids is 3. The van der Waals surface area contributed by atoms with Gasteiger partial charge in [0, 0.05) is 25.1 Å². The van der Waals surface area contributed by atoms with Crippen LogP contribution >= 0.6 is 0 Å². The number of imide groups is 1. The fraction of sp³-hybridized carbons (Fsp3) is 0.474. The first-order chi connectivity index (χ1) is 13.6. The maximum absolute atomic E-state index is 13.1. The Bertz CT molecular complexity index is 972. The van der Waals surface area contributed by atoms with Gasteiger partial charge in [0.15, 0.2) is 5.54 Å². The zero-order valence-corrected chi connectivity index (χ0v) is 15.8. The monoisotopic (exact) mass is 401 g/mol. The molecule has 4 rings (SSSR count). The SMILES string of the molecule is CN1C(=O)C2C(c3cccc([N+](=O)[O-])c3)N(C(=O)C3CC3)C(C)(C(=O)O)C2C1=O. The molecule has 2 aliphatic heterocycles. The highest BCUT2D eigenvalue weighted by molar-refractivity contribution is 6.10. The first-order valence-electron chi connectivity index (χ1n) is 9.23. The van der Waals surface area contributed by atoms with Crippen LogP contribution in [-0.4, -0.2) is 56.1 Å². The number of nitro groups is 1. The standard InChI is InChI=1S/C19H19N3O7/c1-19(18(26)27)13-12(16(24)20(2)17(13)25)14(21(19)15(23)9-6-7-9)10-4-3-5-11(8-10)22(28)29/h3-5,8-9,12-14H,6-7H2,1-2H3,(H,26,27). The molecule has 29 heavy (non-hydrogen) atoms. The van der Waals surface area contributed by atoms with Crippen molar-refractivity contribution >= 4 is 29.4 Å². The van der Waals surface area contributed by atoms with Gasteiger partial charge < -0.3 is 10.0 Å². The van der Waals surface area contributed by atoms with Gasteiger partial charge in [-0.2, -0.15) is 0 Å². The third-order valence-corrected chi connectivity index (χ3v) is 6.32. The van der Waals surface area contributed by atoms with E-state index in [4.69, 9.17) is 0 Å². The second kappa shape index (κ2) is 6.10. The number of fused-ring (bicyclic) bond motifs is 1. The molecule has 1 aliphatic carbocycles. The molecule has 0 spiro atoms. The molecule has 3 aliphatic rings. The molecule has 3 amide bonds. The summed E-state index contributed by atoms with van der Waals surface area (Å²) in [5, 5.41) is 21.3. The molecule has 3 fully saturated rings. The highest BCUT2D eigenvalue weighted by atomic mass is 16.6. The number of nitrogens with zero attached hydrogens (tertiary/aromatic N) is 3. The lowest BCUT2D eigenvalue weighted by Crippen LogP contribution is -2.57. The van der Waals surface area contributed by atoms with E-state index in [1.165, 1.54) is 38.2 Å². The van der Waals surface area contributed by atoms with Crippen LogP contribution < -0.4 is 0 Å². The molecule has 2 heterocycles. The summed E-state index contributed by atoms with van der Waals surface area (Å²) in [5.41, 5.74) is -1.91. The van der Waals surface area contributed by atoms with Crippen LogP contribution in [0.1, 0.15) is 31.4 Å². The Hall–Kier alpha value is -3.30. The van der Waals surface area contributed by atoms with Crippen molar-refractivity contribution in [2.24, 2.45) is 17.8 Å². The van der Waals surface area contributed by atoms with Crippen LogP contribution in [0.2, 0.25) is 0 Å². The average molecular weight is 401 g/mol. The number of hydrogen-bond donors (Lipinski definition) is 1. The second-order valence-corrected chi connectivity index (χ2v) is 7.97. The molecular formula is C19H19N3O7. The lowest BCUT2D eigenvalue weighted by atomic mass is 9.80. The van der Waals surface area contributed by atoms with Gasteiger partial charge in [-0.05, 0) is 25.3 Å². The lowest BCUT2D eigenvalue weighted by molar-refractivity contribution is -0.385. The van der Waals surface area contributed by atoms with Crippen molar-refractivity contribution in [1.82, 2.24) is 9.80 Å². The minimum atomic E-state index is -1.93. The largest absolute Gasteiger partial charge is 0.479 e. The number of rotatable bonds is 4. The number of aliphatic carboxylic acids is 1. The third-order valence-electron chi connectivity index (χ3n) is 6.32. The van der Waals surface area contributed by atoms with E-state index in [1.54, 1.807) is 0 Å². The molecule has 0 bridgehead atoms. The Kier molecular flexibility index (Phi) is 4.00. The molecule has 1 aromatic rings. The maximum Gasteiger partial charge on any atom is 0.330 e. The number of carboxylic acids is 1. The topological polar surface area (TPSA) is 138 Å². The normalized spacial score (nSPS) is 31.2. The van der Waals surface area contributed by atoms with Crippen molar-refractivity contribution < 1.29 is 29.2 Å². The van der Waals surface area contributed by atoms with Gasteiger partial charge in [-0.25, -0.2) is 4.79 Å². The molecular weight excluding hydrogens is 382 g/mol.